The van der Waals surface area contributed by atoms with Crippen LogP contribution in [-0.2, 0) is 52.5 Å². The van der Waals surface area contributed by atoms with Gasteiger partial charge in [0.15, 0.2) is 0 Å². The van der Waals surface area contributed by atoms with Crippen LogP contribution in [0.1, 0.15) is 122 Å². The number of amides is 3. The van der Waals surface area contributed by atoms with Crippen molar-refractivity contribution in [1.29, 1.82) is 0 Å². The summed E-state index contributed by atoms with van der Waals surface area (Å²) in [7, 11) is 0. The number of rotatable bonds is 16. The highest BCUT2D eigenvalue weighted by Crippen LogP contribution is 2.16. The summed E-state index contributed by atoms with van der Waals surface area (Å²) < 4.78 is 21.4. The Bertz CT molecular complexity index is 1080. The Balaban J connectivity index is 5.64. The average molecular weight is 658 g/mol. The summed E-state index contributed by atoms with van der Waals surface area (Å²) in [6.45, 7) is 20.1. The van der Waals surface area contributed by atoms with E-state index in [0.717, 1.165) is 0 Å². The Labute approximate surface area is 272 Å². The molecule has 0 aliphatic rings. The summed E-state index contributed by atoms with van der Waals surface area (Å²) in [5.41, 5.74) is -3.24. The van der Waals surface area contributed by atoms with Gasteiger partial charge >= 0.3 is 23.9 Å². The molecule has 0 aliphatic carbocycles. The highest BCUT2D eigenvalue weighted by molar-refractivity contribution is 5.90. The van der Waals surface area contributed by atoms with Crippen LogP contribution in [0.25, 0.3) is 0 Å². The van der Waals surface area contributed by atoms with Gasteiger partial charge in [0.05, 0.1) is 0 Å². The second kappa shape index (κ2) is 17.8. The number of hydrogen-bond donors (Lipinski definition) is 3. The molecule has 3 amide bonds. The van der Waals surface area contributed by atoms with Crippen molar-refractivity contribution >= 4 is 42.1 Å². The normalized spacial score (nSPS) is 14.1. The zero-order chi connectivity index (χ0) is 36.1. The molecular weight excluding hydrogens is 602 g/mol. The van der Waals surface area contributed by atoms with Crippen molar-refractivity contribution in [2.45, 2.75) is 162 Å². The third kappa shape index (κ3) is 21.1. The quantitative estimate of drug-likeness (QED) is 0.126. The molecule has 0 aliphatic heterocycles. The van der Waals surface area contributed by atoms with Crippen molar-refractivity contribution in [1.82, 2.24) is 16.0 Å². The first-order valence-corrected chi connectivity index (χ1v) is 15.4. The summed E-state index contributed by atoms with van der Waals surface area (Å²) in [6.07, 6.45) is -0.869. The van der Waals surface area contributed by atoms with E-state index in [1.165, 1.54) is 0 Å². The monoisotopic (exact) mass is 657 g/mol. The third-order valence-electron chi connectivity index (χ3n) is 5.39. The van der Waals surface area contributed by atoms with E-state index in [0.29, 0.717) is 0 Å². The molecule has 0 aromatic carbocycles. The molecule has 0 spiro atoms. The average Bonchev–Trinajstić information content (AvgIpc) is 2.82. The maximum Gasteiger partial charge on any atom is 0.329 e. The summed E-state index contributed by atoms with van der Waals surface area (Å²) in [6, 6.07) is -3.69. The molecule has 3 atom stereocenters. The molecule has 3 N–H and O–H groups in total. The van der Waals surface area contributed by atoms with Crippen molar-refractivity contribution < 1.29 is 52.5 Å². The molecule has 14 nitrogen and oxygen atoms in total. The fraction of sp³-hybridized carbons (Fsp3) is 0.781. The molecule has 0 bridgehead atoms. The Morgan fingerprint density at radius 3 is 1.22 bits per heavy atom. The van der Waals surface area contributed by atoms with E-state index in [2.05, 4.69) is 16.0 Å². The van der Waals surface area contributed by atoms with Crippen molar-refractivity contribution in [3.05, 3.63) is 0 Å². The lowest BCUT2D eigenvalue weighted by atomic mass is 10.1. The van der Waals surface area contributed by atoms with Crippen LogP contribution in [-0.4, -0.2) is 82.6 Å². The number of nitrogens with one attached hydrogen (secondary N) is 3. The molecule has 0 aromatic heterocycles. The van der Waals surface area contributed by atoms with Gasteiger partial charge in [-0.25, -0.2) is 9.59 Å². The zero-order valence-electron chi connectivity index (χ0n) is 29.5. The fourth-order valence-corrected chi connectivity index (χ4v) is 3.74. The first kappa shape index (κ1) is 42.3. The largest absolute Gasteiger partial charge is 0.460 e. The van der Waals surface area contributed by atoms with E-state index in [1.54, 1.807) is 83.1 Å². The van der Waals surface area contributed by atoms with Crippen LogP contribution in [0.5, 0.6) is 0 Å². The van der Waals surface area contributed by atoms with Crippen LogP contribution in [0.3, 0.4) is 0 Å². The molecule has 264 valence electrons. The minimum atomic E-state index is -1.26. The maximum absolute atomic E-state index is 13.2. The SMILES string of the molecule is CC(C)(C)OC(=O)CCC(NC(=O)CCC(NC=O)C(=O)NC(CCC(=O)OC(C)(C)C)C(=O)OC(C)(C)C)C(=O)OC(C)(C)C. The predicted octanol–water partition coefficient (Wildman–Crippen LogP) is 2.78. The minimum absolute atomic E-state index is 0.0959. The lowest BCUT2D eigenvalue weighted by Crippen LogP contribution is -2.52. The van der Waals surface area contributed by atoms with Crippen molar-refractivity contribution in [3.63, 3.8) is 0 Å². The van der Waals surface area contributed by atoms with Crippen LogP contribution in [0.4, 0.5) is 0 Å². The van der Waals surface area contributed by atoms with Gasteiger partial charge in [-0.2, -0.15) is 0 Å². The van der Waals surface area contributed by atoms with Crippen LogP contribution in [0.15, 0.2) is 0 Å². The fourth-order valence-electron chi connectivity index (χ4n) is 3.74. The predicted molar refractivity (Wildman–Crippen MR) is 168 cm³/mol. The summed E-state index contributed by atoms with van der Waals surface area (Å²) >= 11 is 0. The van der Waals surface area contributed by atoms with Gasteiger partial charge in [0.1, 0.15) is 40.5 Å². The Morgan fingerprint density at radius 1 is 0.522 bits per heavy atom. The molecule has 0 saturated carbocycles. The molecular formula is C32H55N3O11. The molecule has 46 heavy (non-hydrogen) atoms. The second-order valence-electron chi connectivity index (χ2n) is 14.9. The van der Waals surface area contributed by atoms with E-state index in [-0.39, 0.29) is 44.9 Å². The molecule has 3 unspecified atom stereocenters. The number of ether oxygens (including phenoxy) is 4. The first-order chi connectivity index (χ1) is 20.7. The van der Waals surface area contributed by atoms with E-state index >= 15 is 0 Å². The second-order valence-corrected chi connectivity index (χ2v) is 14.9. The maximum atomic E-state index is 13.2. The van der Waals surface area contributed by atoms with Crippen LogP contribution >= 0.6 is 0 Å². The van der Waals surface area contributed by atoms with Gasteiger partial charge in [-0.05, 0) is 102 Å². The van der Waals surface area contributed by atoms with E-state index in [9.17, 15) is 33.6 Å². The van der Waals surface area contributed by atoms with Gasteiger partial charge in [-0.3, -0.25) is 24.0 Å². The minimum Gasteiger partial charge on any atom is -0.460 e. The van der Waals surface area contributed by atoms with E-state index in [4.69, 9.17) is 18.9 Å². The number of esters is 4. The molecule has 0 rings (SSSR count). The Hall–Kier alpha value is -3.71. The van der Waals surface area contributed by atoms with Gasteiger partial charge in [0.25, 0.3) is 0 Å². The van der Waals surface area contributed by atoms with Gasteiger partial charge < -0.3 is 34.9 Å². The molecule has 0 saturated heterocycles. The van der Waals surface area contributed by atoms with E-state index < -0.39 is 76.2 Å². The van der Waals surface area contributed by atoms with Gasteiger partial charge in [-0.1, -0.05) is 0 Å². The molecule has 0 aromatic rings. The standard InChI is InChI=1S/C32H55N3O11/c1-29(2,3)43-24(38)17-14-21(27(41)45-31(7,8)9)34-23(37)16-13-20(33-19-36)26(40)35-22(28(42)46-32(10,11)12)15-18-25(39)44-30(4,5)6/h19-22H,13-18H2,1-12H3,(H,33,36)(H,34,37)(H,35,40). The number of carbonyl (C=O) groups excluding carboxylic acids is 7. The number of carbonyl (C=O) groups is 7. The molecule has 0 fully saturated rings. The molecule has 0 heterocycles. The molecule has 0 radical (unpaired) electrons. The van der Waals surface area contributed by atoms with Crippen LogP contribution in [0.2, 0.25) is 0 Å². The number of hydrogen-bond acceptors (Lipinski definition) is 11. The van der Waals surface area contributed by atoms with Crippen LogP contribution in [0, 0.1) is 0 Å². The van der Waals surface area contributed by atoms with Gasteiger partial charge in [0.2, 0.25) is 18.2 Å². The van der Waals surface area contributed by atoms with Crippen molar-refractivity contribution in [2.24, 2.45) is 0 Å². The van der Waals surface area contributed by atoms with Crippen LogP contribution < -0.4 is 16.0 Å². The Morgan fingerprint density at radius 2 is 0.870 bits per heavy atom. The highest BCUT2D eigenvalue weighted by atomic mass is 16.6. The van der Waals surface area contributed by atoms with Gasteiger partial charge in [0, 0.05) is 19.3 Å². The Kier molecular flexibility index (Phi) is 16.4. The van der Waals surface area contributed by atoms with Gasteiger partial charge in [-0.15, -0.1) is 0 Å². The smallest absolute Gasteiger partial charge is 0.329 e. The lowest BCUT2D eigenvalue weighted by molar-refractivity contribution is -0.161. The topological polar surface area (TPSA) is 192 Å². The zero-order valence-corrected chi connectivity index (χ0v) is 29.5. The third-order valence-corrected chi connectivity index (χ3v) is 5.39. The van der Waals surface area contributed by atoms with E-state index in [1.807, 2.05) is 0 Å². The summed E-state index contributed by atoms with van der Waals surface area (Å²) in [5, 5.41) is 7.36. The first-order valence-electron chi connectivity index (χ1n) is 15.4. The van der Waals surface area contributed by atoms with Crippen molar-refractivity contribution in [2.75, 3.05) is 0 Å². The highest BCUT2D eigenvalue weighted by Gasteiger charge is 2.32. The summed E-state index contributed by atoms with van der Waals surface area (Å²) in [5.74, 6) is -4.14. The van der Waals surface area contributed by atoms with Crippen molar-refractivity contribution in [3.8, 4) is 0 Å². The lowest BCUT2D eigenvalue weighted by Gasteiger charge is -2.26. The molecule has 14 heteroatoms. The summed E-state index contributed by atoms with van der Waals surface area (Å²) in [4.78, 5) is 87.6.